The van der Waals surface area contributed by atoms with Gasteiger partial charge in [-0.25, -0.2) is 13.7 Å². The number of benzene rings is 1. The molecule has 0 spiro atoms. The smallest absolute Gasteiger partial charge is 0.387 e. The SMILES string of the molecule is CCc1cc(OC(F)F)cc(C(C)C)c1CC(=O)N=S(N)(=O)c1sc(C(C)(C)O)cc1F.S.S. The van der Waals surface area contributed by atoms with E-state index < -0.39 is 38.1 Å². The van der Waals surface area contributed by atoms with Crippen LogP contribution >= 0.6 is 38.3 Å². The minimum atomic E-state index is -3.89. The molecule has 0 bridgehead atoms. The van der Waals surface area contributed by atoms with Gasteiger partial charge in [-0.15, -0.1) is 15.7 Å². The maximum atomic E-state index is 14.3. The molecule has 3 N–H and O–H groups in total. The second-order valence-corrected chi connectivity index (χ2v) is 11.1. The molecule has 0 radical (unpaired) electrons. The maximum Gasteiger partial charge on any atom is 0.387 e. The molecule has 1 aromatic carbocycles. The Morgan fingerprint density at radius 1 is 1.26 bits per heavy atom. The van der Waals surface area contributed by atoms with Crippen LogP contribution in [0.15, 0.2) is 26.8 Å². The number of rotatable bonds is 8. The maximum absolute atomic E-state index is 14.3. The van der Waals surface area contributed by atoms with Crippen molar-refractivity contribution < 1.29 is 32.0 Å². The second-order valence-electron chi connectivity index (χ2n) is 8.07. The zero-order valence-electron chi connectivity index (χ0n) is 19.4. The van der Waals surface area contributed by atoms with E-state index in [0.29, 0.717) is 34.4 Å². The lowest BCUT2D eigenvalue weighted by molar-refractivity contribution is -0.117. The van der Waals surface area contributed by atoms with Gasteiger partial charge in [0.1, 0.15) is 5.75 Å². The molecule has 194 valence electrons. The molecule has 34 heavy (non-hydrogen) atoms. The van der Waals surface area contributed by atoms with E-state index in [1.54, 1.807) is 6.92 Å². The summed E-state index contributed by atoms with van der Waals surface area (Å²) < 4.78 is 60.2. The zero-order chi connectivity index (χ0) is 24.4. The van der Waals surface area contributed by atoms with Crippen LogP contribution in [-0.4, -0.2) is 21.8 Å². The van der Waals surface area contributed by atoms with Crippen LogP contribution in [0.3, 0.4) is 0 Å². The summed E-state index contributed by atoms with van der Waals surface area (Å²) in [6, 6.07) is 3.88. The van der Waals surface area contributed by atoms with Crippen LogP contribution in [0, 0.1) is 5.82 Å². The van der Waals surface area contributed by atoms with Crippen LogP contribution in [-0.2, 0) is 33.2 Å². The predicted molar refractivity (Wildman–Crippen MR) is 139 cm³/mol. The molecule has 1 amide bonds. The average Bonchev–Trinajstić information content (AvgIpc) is 3.04. The quantitative estimate of drug-likeness (QED) is 0.469. The number of halogens is 3. The molecule has 1 unspecified atom stereocenters. The normalized spacial score (nSPS) is 13.2. The Hall–Kier alpha value is -1.25. The number of carbonyl (C=O) groups is 1. The molecule has 1 aromatic heterocycles. The third-order valence-electron chi connectivity index (χ3n) is 4.67. The van der Waals surface area contributed by atoms with Crippen LogP contribution in [0.4, 0.5) is 13.2 Å². The Morgan fingerprint density at radius 2 is 1.85 bits per heavy atom. The molecular formula is C21H31F3N2O4S4. The van der Waals surface area contributed by atoms with E-state index >= 15 is 0 Å². The monoisotopic (exact) mass is 560 g/mol. The van der Waals surface area contributed by atoms with Crippen LogP contribution in [0.2, 0.25) is 0 Å². The standard InChI is InChI=1S/C21H27F3N2O4S2.2H2S/c1-6-12-7-13(30-20(23)24)8-14(11(2)3)15(12)9-18(27)26-32(25,29)19-16(22)10-17(31-19)21(4,5)28;;/h7-8,10-11,20,28H,6,9H2,1-5H3,(H2,25,26,27,29);2*1H2. The Balaban J connectivity index is 0.00000544. The highest BCUT2D eigenvalue weighted by Crippen LogP contribution is 2.34. The lowest BCUT2D eigenvalue weighted by Gasteiger charge is -2.18. The summed E-state index contributed by atoms with van der Waals surface area (Å²) in [5.41, 5.74) is 0.384. The summed E-state index contributed by atoms with van der Waals surface area (Å²) in [5, 5.41) is 15.8. The fraction of sp³-hybridized carbons (Fsp3) is 0.476. The van der Waals surface area contributed by atoms with Gasteiger partial charge in [-0.05, 0) is 61.1 Å². The Kier molecular flexibility index (Phi) is 12.2. The van der Waals surface area contributed by atoms with Crippen molar-refractivity contribution in [2.75, 3.05) is 0 Å². The third kappa shape index (κ3) is 8.16. The van der Waals surface area contributed by atoms with Gasteiger partial charge in [-0.2, -0.15) is 35.8 Å². The highest BCUT2D eigenvalue weighted by Gasteiger charge is 2.26. The number of amides is 1. The van der Waals surface area contributed by atoms with E-state index in [4.69, 9.17) is 5.14 Å². The number of aliphatic hydroxyl groups is 1. The third-order valence-corrected chi connectivity index (χ3v) is 8.05. The van der Waals surface area contributed by atoms with Crippen molar-refractivity contribution in [2.45, 2.75) is 69.8 Å². The van der Waals surface area contributed by atoms with Crippen molar-refractivity contribution in [1.29, 1.82) is 0 Å². The molecule has 0 saturated heterocycles. The minimum Gasteiger partial charge on any atom is -0.435 e. The first kappa shape index (κ1) is 32.8. The second kappa shape index (κ2) is 12.6. The molecule has 2 rings (SSSR count). The fourth-order valence-electron chi connectivity index (χ4n) is 3.17. The molecule has 6 nitrogen and oxygen atoms in total. The van der Waals surface area contributed by atoms with Gasteiger partial charge < -0.3 is 9.84 Å². The van der Waals surface area contributed by atoms with Gasteiger partial charge in [0.2, 0.25) is 0 Å². The zero-order valence-corrected chi connectivity index (χ0v) is 23.1. The lowest BCUT2D eigenvalue weighted by Crippen LogP contribution is -2.17. The summed E-state index contributed by atoms with van der Waals surface area (Å²) in [7, 11) is -3.89. The van der Waals surface area contributed by atoms with Crippen LogP contribution in [0.5, 0.6) is 5.75 Å². The van der Waals surface area contributed by atoms with E-state index in [1.807, 2.05) is 13.8 Å². The van der Waals surface area contributed by atoms with E-state index in [2.05, 4.69) is 9.10 Å². The number of ether oxygens (including phenoxy) is 1. The molecular weight excluding hydrogens is 530 g/mol. The largest absolute Gasteiger partial charge is 0.435 e. The lowest BCUT2D eigenvalue weighted by atomic mass is 9.90. The topological polar surface area (TPSA) is 102 Å². The van der Waals surface area contributed by atoms with Crippen molar-refractivity contribution in [1.82, 2.24) is 0 Å². The first-order valence-corrected chi connectivity index (χ1v) is 12.3. The first-order valence-electron chi connectivity index (χ1n) is 9.86. The van der Waals surface area contributed by atoms with E-state index in [-0.39, 0.29) is 50.0 Å². The van der Waals surface area contributed by atoms with E-state index in [0.717, 1.165) is 6.07 Å². The van der Waals surface area contributed by atoms with Gasteiger partial charge in [-0.1, -0.05) is 20.8 Å². The number of carbonyl (C=O) groups excluding carboxylic acids is 1. The van der Waals surface area contributed by atoms with Gasteiger partial charge in [0.15, 0.2) is 19.9 Å². The van der Waals surface area contributed by atoms with E-state index in [1.165, 1.54) is 26.0 Å². The summed E-state index contributed by atoms with van der Waals surface area (Å²) in [4.78, 5) is 12.9. The number of nitrogens with two attached hydrogens (primary N) is 1. The molecule has 2 aromatic rings. The number of hydrogen-bond acceptors (Lipinski definition) is 5. The summed E-state index contributed by atoms with van der Waals surface area (Å²) in [6.45, 7) is 5.34. The van der Waals surface area contributed by atoms with E-state index in [9.17, 15) is 27.3 Å². The van der Waals surface area contributed by atoms with Crippen LogP contribution < -0.4 is 9.88 Å². The van der Waals surface area contributed by atoms with Crippen LogP contribution in [0.1, 0.15) is 62.1 Å². The van der Waals surface area contributed by atoms with Crippen molar-refractivity contribution >= 4 is 54.2 Å². The summed E-state index contributed by atoms with van der Waals surface area (Å²) in [6.07, 6.45) is 0.139. The molecule has 0 saturated carbocycles. The minimum absolute atomic E-state index is 0. The number of alkyl halides is 2. The van der Waals surface area contributed by atoms with Crippen molar-refractivity contribution in [3.05, 3.63) is 45.6 Å². The molecule has 0 aliphatic rings. The summed E-state index contributed by atoms with van der Waals surface area (Å²) in [5.74, 6) is -1.90. The highest BCUT2D eigenvalue weighted by molar-refractivity contribution is 7.93. The highest BCUT2D eigenvalue weighted by atomic mass is 32.2. The van der Waals surface area contributed by atoms with Crippen molar-refractivity contribution in [2.24, 2.45) is 9.50 Å². The van der Waals surface area contributed by atoms with Gasteiger partial charge in [0.05, 0.1) is 12.0 Å². The first-order chi connectivity index (χ1) is 14.7. The molecule has 0 fully saturated rings. The van der Waals surface area contributed by atoms with Crippen LogP contribution in [0.25, 0.3) is 0 Å². The number of aryl methyl sites for hydroxylation is 1. The van der Waals surface area contributed by atoms with Gasteiger partial charge in [0.25, 0.3) is 5.91 Å². The Labute approximate surface area is 216 Å². The van der Waals surface area contributed by atoms with Gasteiger partial charge in [-0.3, -0.25) is 4.79 Å². The van der Waals surface area contributed by atoms with Crippen molar-refractivity contribution in [3.8, 4) is 5.75 Å². The molecule has 13 heteroatoms. The van der Waals surface area contributed by atoms with Gasteiger partial charge >= 0.3 is 6.61 Å². The molecule has 1 heterocycles. The fourth-order valence-corrected chi connectivity index (χ4v) is 5.59. The number of thiophene rings is 1. The summed E-state index contributed by atoms with van der Waals surface area (Å²) >= 11 is 0.686. The molecule has 0 aliphatic carbocycles. The Bertz CT molecular complexity index is 1120. The van der Waals surface area contributed by atoms with Gasteiger partial charge in [0, 0.05) is 4.88 Å². The number of hydrogen-bond donors (Lipinski definition) is 2. The average molecular weight is 561 g/mol. The van der Waals surface area contributed by atoms with Crippen molar-refractivity contribution in [3.63, 3.8) is 0 Å². The predicted octanol–water partition coefficient (Wildman–Crippen LogP) is 5.10. The number of nitrogens with zero attached hydrogens (tertiary/aromatic N) is 1. The Morgan fingerprint density at radius 3 is 2.29 bits per heavy atom. The molecule has 0 aliphatic heterocycles. The molecule has 1 atom stereocenters.